The van der Waals surface area contributed by atoms with Gasteiger partial charge in [-0.2, -0.15) is 5.10 Å². The van der Waals surface area contributed by atoms with Crippen LogP contribution in [0.15, 0.2) is 35.6 Å². The van der Waals surface area contributed by atoms with Crippen LogP contribution in [0.5, 0.6) is 0 Å². The summed E-state index contributed by atoms with van der Waals surface area (Å²) in [5.41, 5.74) is 1.61. The van der Waals surface area contributed by atoms with Gasteiger partial charge in [0.25, 0.3) is 0 Å². The van der Waals surface area contributed by atoms with E-state index >= 15 is 0 Å². The number of hydrogen-bond donors (Lipinski definition) is 2. The quantitative estimate of drug-likeness (QED) is 0.609. The first-order valence-electron chi connectivity index (χ1n) is 9.62. The molecule has 1 aliphatic heterocycles. The molecule has 2 heterocycles. The monoisotopic (exact) mass is 390 g/mol. The van der Waals surface area contributed by atoms with Gasteiger partial charge in [0.1, 0.15) is 11.6 Å². The highest BCUT2D eigenvalue weighted by atomic mass is 19.1. The Morgan fingerprint density at radius 2 is 2.21 bits per heavy atom. The molecule has 2 atom stereocenters. The minimum atomic E-state index is -0.561. The zero-order chi connectivity index (χ0) is 20.1. The number of aliphatic imine (C=N–C) groups is 1. The van der Waals surface area contributed by atoms with Crippen molar-refractivity contribution in [2.45, 2.75) is 31.7 Å². The predicted molar refractivity (Wildman–Crippen MR) is 108 cm³/mol. The van der Waals surface area contributed by atoms with E-state index in [9.17, 15) is 8.78 Å². The molecule has 0 amide bonds. The molecular formula is C20H28F2N6. The molecule has 2 aromatic rings. The van der Waals surface area contributed by atoms with Gasteiger partial charge in [-0.3, -0.25) is 9.67 Å². The first kappa shape index (κ1) is 20.1. The number of rotatable bonds is 5. The molecule has 0 radical (unpaired) electrons. The van der Waals surface area contributed by atoms with Gasteiger partial charge in [-0.15, -0.1) is 0 Å². The Bertz CT molecular complexity index is 819. The summed E-state index contributed by atoms with van der Waals surface area (Å²) in [5, 5.41) is 11.0. The van der Waals surface area contributed by atoms with Crippen molar-refractivity contribution in [3.63, 3.8) is 0 Å². The molecule has 1 aromatic carbocycles. The van der Waals surface area contributed by atoms with Crippen molar-refractivity contribution in [3.8, 4) is 0 Å². The van der Waals surface area contributed by atoms with E-state index in [1.807, 2.05) is 31.0 Å². The molecule has 0 bridgehead atoms. The number of halogens is 2. The zero-order valence-corrected chi connectivity index (χ0v) is 16.6. The molecule has 28 heavy (non-hydrogen) atoms. The topological polar surface area (TPSA) is 57.5 Å². The molecule has 0 saturated carbocycles. The van der Waals surface area contributed by atoms with Crippen molar-refractivity contribution >= 4 is 11.6 Å². The fourth-order valence-electron chi connectivity index (χ4n) is 3.55. The summed E-state index contributed by atoms with van der Waals surface area (Å²) in [5.74, 6) is -0.504. The molecule has 8 heteroatoms. The highest BCUT2D eigenvalue weighted by Gasteiger charge is 2.22. The van der Waals surface area contributed by atoms with Crippen molar-refractivity contribution in [2.75, 3.05) is 31.6 Å². The first-order chi connectivity index (χ1) is 13.5. The van der Waals surface area contributed by atoms with Crippen molar-refractivity contribution in [3.05, 3.63) is 47.8 Å². The van der Waals surface area contributed by atoms with Crippen LogP contribution in [-0.2, 0) is 7.05 Å². The first-order valence-corrected chi connectivity index (χ1v) is 9.62. The number of nitrogens with zero attached hydrogens (tertiary/aromatic N) is 4. The number of piperidine rings is 1. The summed E-state index contributed by atoms with van der Waals surface area (Å²) in [6.45, 7) is 4.29. The molecule has 6 nitrogen and oxygen atoms in total. The Labute approximate surface area is 164 Å². The summed E-state index contributed by atoms with van der Waals surface area (Å²) in [6, 6.07) is 3.98. The molecule has 0 spiro atoms. The van der Waals surface area contributed by atoms with Gasteiger partial charge < -0.3 is 15.5 Å². The Hall–Kier alpha value is -2.64. The highest BCUT2D eigenvalue weighted by molar-refractivity contribution is 5.80. The Kier molecular flexibility index (Phi) is 6.49. The van der Waals surface area contributed by atoms with Gasteiger partial charge in [0, 0.05) is 58.0 Å². The smallest absolute Gasteiger partial charge is 0.191 e. The average molecular weight is 390 g/mol. The lowest BCUT2D eigenvalue weighted by molar-refractivity contribution is 0.467. The Balaban J connectivity index is 1.54. The molecule has 1 aliphatic rings. The van der Waals surface area contributed by atoms with Gasteiger partial charge >= 0.3 is 0 Å². The van der Waals surface area contributed by atoms with E-state index in [1.165, 1.54) is 12.1 Å². The third-order valence-electron chi connectivity index (χ3n) is 5.11. The average Bonchev–Trinajstić information content (AvgIpc) is 3.11. The molecule has 1 aromatic heterocycles. The maximum atomic E-state index is 14.0. The molecule has 1 saturated heterocycles. The lowest BCUT2D eigenvalue weighted by Gasteiger charge is -2.34. The van der Waals surface area contributed by atoms with Crippen molar-refractivity contribution < 1.29 is 8.78 Å². The maximum Gasteiger partial charge on any atom is 0.191 e. The molecule has 1 fully saturated rings. The van der Waals surface area contributed by atoms with E-state index in [0.29, 0.717) is 18.1 Å². The number of guanidine groups is 1. The van der Waals surface area contributed by atoms with Crippen LogP contribution in [0.2, 0.25) is 0 Å². The SMILES string of the molecule is CN=C(NCC(C)c1ccc(F)cc1F)NC1CCCN(c2cnn(C)c2)C1. The second-order valence-corrected chi connectivity index (χ2v) is 7.32. The number of aromatic nitrogens is 2. The lowest BCUT2D eigenvalue weighted by atomic mass is 10.0. The van der Waals surface area contributed by atoms with Gasteiger partial charge in [0.15, 0.2) is 5.96 Å². The Morgan fingerprint density at radius 3 is 2.89 bits per heavy atom. The van der Waals surface area contributed by atoms with Crippen LogP contribution in [0.25, 0.3) is 0 Å². The van der Waals surface area contributed by atoms with Crippen LogP contribution < -0.4 is 15.5 Å². The summed E-state index contributed by atoms with van der Waals surface area (Å²) >= 11 is 0. The molecular weight excluding hydrogens is 362 g/mol. The van der Waals surface area contributed by atoms with Crippen LogP contribution >= 0.6 is 0 Å². The summed E-state index contributed by atoms with van der Waals surface area (Å²) in [6.07, 6.45) is 6.04. The van der Waals surface area contributed by atoms with E-state index in [0.717, 1.165) is 37.7 Å². The fraction of sp³-hybridized carbons (Fsp3) is 0.500. The lowest BCUT2D eigenvalue weighted by Crippen LogP contribution is -2.51. The second-order valence-electron chi connectivity index (χ2n) is 7.32. The second kappa shape index (κ2) is 9.03. The number of hydrogen-bond acceptors (Lipinski definition) is 3. The standard InChI is InChI=1S/C20H28F2N6/c1-14(18-7-6-15(21)9-19(18)22)10-24-20(23-2)26-16-5-4-8-28(12-16)17-11-25-27(3)13-17/h6-7,9,11,13-14,16H,4-5,8,10,12H2,1-3H3,(H2,23,24,26). The zero-order valence-electron chi connectivity index (χ0n) is 16.6. The fourth-order valence-corrected chi connectivity index (χ4v) is 3.55. The molecule has 3 rings (SSSR count). The van der Waals surface area contributed by atoms with Gasteiger partial charge in [-0.25, -0.2) is 8.78 Å². The summed E-state index contributed by atoms with van der Waals surface area (Å²) < 4.78 is 28.9. The van der Waals surface area contributed by atoms with Gasteiger partial charge in [-0.1, -0.05) is 13.0 Å². The van der Waals surface area contributed by atoms with Crippen LogP contribution in [0.1, 0.15) is 31.2 Å². The largest absolute Gasteiger partial charge is 0.367 e. The highest BCUT2D eigenvalue weighted by Crippen LogP contribution is 2.20. The summed E-state index contributed by atoms with van der Waals surface area (Å²) in [4.78, 5) is 6.61. The molecule has 0 aliphatic carbocycles. The molecule has 152 valence electrons. The third kappa shape index (κ3) is 4.99. The summed E-state index contributed by atoms with van der Waals surface area (Å²) in [7, 11) is 3.64. The van der Waals surface area contributed by atoms with Gasteiger partial charge in [0.05, 0.1) is 11.9 Å². The van der Waals surface area contributed by atoms with Gasteiger partial charge in [0.2, 0.25) is 0 Å². The van der Waals surface area contributed by atoms with Crippen LogP contribution in [0, 0.1) is 11.6 Å². The minimum absolute atomic E-state index is 0.114. The third-order valence-corrected chi connectivity index (χ3v) is 5.11. The minimum Gasteiger partial charge on any atom is -0.367 e. The van der Waals surface area contributed by atoms with Crippen LogP contribution in [0.3, 0.4) is 0 Å². The Morgan fingerprint density at radius 1 is 1.39 bits per heavy atom. The van der Waals surface area contributed by atoms with Crippen LogP contribution in [0.4, 0.5) is 14.5 Å². The van der Waals surface area contributed by atoms with E-state index in [1.54, 1.807) is 7.05 Å². The van der Waals surface area contributed by atoms with E-state index in [-0.39, 0.29) is 12.0 Å². The number of anilines is 1. The van der Waals surface area contributed by atoms with Crippen molar-refractivity contribution in [1.29, 1.82) is 0 Å². The number of nitrogens with one attached hydrogen (secondary N) is 2. The van der Waals surface area contributed by atoms with Gasteiger partial charge in [-0.05, 0) is 24.5 Å². The molecule has 2 N–H and O–H groups in total. The molecule has 2 unspecified atom stereocenters. The van der Waals surface area contributed by atoms with E-state index in [4.69, 9.17) is 0 Å². The van der Waals surface area contributed by atoms with Crippen molar-refractivity contribution in [2.24, 2.45) is 12.0 Å². The number of aryl methyl sites for hydroxylation is 1. The van der Waals surface area contributed by atoms with Crippen LogP contribution in [-0.4, -0.2) is 48.5 Å². The maximum absolute atomic E-state index is 14.0. The normalized spacial score (nSPS) is 18.8. The number of benzene rings is 1. The van der Waals surface area contributed by atoms with E-state index < -0.39 is 11.6 Å². The van der Waals surface area contributed by atoms with Crippen molar-refractivity contribution in [1.82, 2.24) is 20.4 Å². The predicted octanol–water partition coefficient (Wildman–Crippen LogP) is 2.64. The van der Waals surface area contributed by atoms with E-state index in [2.05, 4.69) is 25.6 Å².